The first-order valence-corrected chi connectivity index (χ1v) is 28.0. The van der Waals surface area contributed by atoms with Gasteiger partial charge in [-0.3, -0.25) is 19.2 Å². The number of carbonyl (C=O) groups excluding carboxylic acids is 4. The number of aliphatic hydroxyl groups excluding tert-OH is 1. The second-order valence-electron chi connectivity index (χ2n) is 22.1. The highest BCUT2D eigenvalue weighted by atomic mass is 35.5. The number of benzene rings is 1. The minimum atomic E-state index is -1.98. The lowest BCUT2D eigenvalue weighted by Gasteiger charge is -2.39. The molecule has 5 aliphatic rings. The van der Waals surface area contributed by atoms with Gasteiger partial charge < -0.3 is 45.8 Å². The van der Waals surface area contributed by atoms with E-state index in [1.165, 1.54) is 28.0 Å². The monoisotopic (exact) mass is 1070 g/mol. The smallest absolute Gasteiger partial charge is 0.258 e. The van der Waals surface area contributed by atoms with Gasteiger partial charge in [0.25, 0.3) is 5.91 Å². The summed E-state index contributed by atoms with van der Waals surface area (Å²) in [7, 11) is 0. The van der Waals surface area contributed by atoms with E-state index in [-0.39, 0.29) is 55.7 Å². The molecule has 398 valence electrons. The van der Waals surface area contributed by atoms with Crippen LogP contribution in [-0.4, -0.2) is 141 Å². The molecule has 6 heterocycles. The summed E-state index contributed by atoms with van der Waals surface area (Å²) < 4.78 is 21.5. The van der Waals surface area contributed by atoms with E-state index in [0.29, 0.717) is 75.0 Å². The van der Waals surface area contributed by atoms with Crippen molar-refractivity contribution in [3.05, 3.63) is 64.6 Å². The predicted octanol–water partition coefficient (Wildman–Crippen LogP) is 6.57. The molecule has 3 aliphatic heterocycles. The Kier molecular flexibility index (Phi) is 16.1. The standard InChI is InChI=1S/C53H69ClFN11O6S2/c1-32-44(73-31-61-32)34-6-7-35(26-60-47(68)38-25-36(67)29-66(38)49(70)45(51(2,3)4)62-50(71)53(55)13-14-53)39(24-34)72-37-10-8-33(9-11-37)48(69)65-22-20-64(21-23-65)46-43(54)40(12-17-57-46)74-42-28-58-41(27-59-42)63-18-15-52(5,30-56)16-19-63/h6-7,12,17,24,27-28,31,33,36-38,45,67H,8-11,13-16,18-23,25-26,29-30,56H2,1-5H3,(H,60,68)(H,62,71)/t33?,36-,37?,38+,45-/m1/s1. The number of nitrogens with one attached hydrogen (secondary N) is 2. The van der Waals surface area contributed by atoms with Crippen LogP contribution in [0.2, 0.25) is 5.02 Å². The number of hydrogen-bond acceptors (Lipinski definition) is 15. The summed E-state index contributed by atoms with van der Waals surface area (Å²) in [6.07, 6.45) is 9.19. The summed E-state index contributed by atoms with van der Waals surface area (Å²) in [6, 6.07) is 5.63. The average molecular weight is 1070 g/mol. The molecule has 0 unspecified atom stereocenters. The van der Waals surface area contributed by atoms with Gasteiger partial charge in [0.15, 0.2) is 5.67 Å². The van der Waals surface area contributed by atoms with Gasteiger partial charge in [0.1, 0.15) is 34.5 Å². The number of amides is 4. The number of thiazole rings is 1. The zero-order valence-corrected chi connectivity index (χ0v) is 45.3. The fourth-order valence-corrected chi connectivity index (χ4v) is 12.3. The molecule has 0 bridgehead atoms. The quantitative estimate of drug-likeness (QED) is 0.0993. The van der Waals surface area contributed by atoms with E-state index in [9.17, 15) is 28.7 Å². The summed E-state index contributed by atoms with van der Waals surface area (Å²) >= 11 is 9.99. The van der Waals surface area contributed by atoms with E-state index in [2.05, 4.69) is 37.3 Å². The van der Waals surface area contributed by atoms with Crippen molar-refractivity contribution < 1.29 is 33.4 Å². The zero-order valence-electron chi connectivity index (χ0n) is 42.9. The molecule has 3 saturated heterocycles. The Hall–Kier alpha value is -5.15. The molecule has 17 nitrogen and oxygen atoms in total. The van der Waals surface area contributed by atoms with Crippen molar-refractivity contribution in [2.75, 3.05) is 62.2 Å². The van der Waals surface area contributed by atoms with Crippen LogP contribution in [0.1, 0.15) is 96.7 Å². The second kappa shape index (κ2) is 22.2. The number of ether oxygens (including phenoxy) is 1. The van der Waals surface area contributed by atoms with Crippen molar-refractivity contribution in [2.45, 2.75) is 139 Å². The van der Waals surface area contributed by atoms with Gasteiger partial charge in [-0.05, 0) is 93.4 Å². The summed E-state index contributed by atoms with van der Waals surface area (Å²) in [5.74, 6) is 0.314. The van der Waals surface area contributed by atoms with E-state index < -0.39 is 47.0 Å². The first kappa shape index (κ1) is 53.7. The molecule has 2 aliphatic carbocycles. The van der Waals surface area contributed by atoms with Gasteiger partial charge in [-0.25, -0.2) is 24.3 Å². The van der Waals surface area contributed by atoms with Crippen molar-refractivity contribution >= 4 is 70.0 Å². The fourth-order valence-electron chi connectivity index (χ4n) is 10.4. The summed E-state index contributed by atoms with van der Waals surface area (Å²) in [5.41, 5.74) is 7.74. The van der Waals surface area contributed by atoms with Gasteiger partial charge >= 0.3 is 0 Å². The molecular formula is C53H69ClFN11O6S2. The van der Waals surface area contributed by atoms with E-state index in [0.717, 1.165) is 63.4 Å². The highest BCUT2D eigenvalue weighted by Crippen LogP contribution is 2.42. The lowest BCUT2D eigenvalue weighted by Crippen LogP contribution is -2.59. The Labute approximate surface area is 445 Å². The third-order valence-corrected chi connectivity index (χ3v) is 18.0. The number of halogens is 2. The van der Waals surface area contributed by atoms with Crippen molar-refractivity contribution in [1.29, 1.82) is 0 Å². The number of hydrogen-bond donors (Lipinski definition) is 4. The Morgan fingerprint density at radius 3 is 2.34 bits per heavy atom. The SMILES string of the molecule is Cc1ncsc1-c1ccc(CNC(=O)[C@@H]2C[C@@H](O)CN2C(=O)[C@@H](NC(=O)C2(F)CC2)C(C)(C)C)c(OC2CCC(C(=O)N3CCN(c4nccc(Sc5cnc(N6CCC(C)(CN)CC6)cn5)c4Cl)CC3)CC2)c1. The largest absolute Gasteiger partial charge is 0.490 e. The maximum Gasteiger partial charge on any atom is 0.258 e. The maximum absolute atomic E-state index is 14.7. The molecule has 5 N–H and O–H groups in total. The normalized spacial score (nSPS) is 23.0. The zero-order chi connectivity index (χ0) is 52.5. The van der Waals surface area contributed by atoms with Crippen LogP contribution in [0.4, 0.5) is 16.0 Å². The van der Waals surface area contributed by atoms with Crippen molar-refractivity contribution in [3.8, 4) is 16.2 Å². The molecule has 4 aromatic rings. The number of rotatable bonds is 15. The van der Waals surface area contributed by atoms with Crippen LogP contribution in [0.25, 0.3) is 10.4 Å². The Balaban J connectivity index is 0.785. The number of piperidine rings is 1. The number of pyridine rings is 1. The Morgan fingerprint density at radius 2 is 1.70 bits per heavy atom. The highest BCUT2D eigenvalue weighted by Gasteiger charge is 2.53. The molecule has 1 aromatic carbocycles. The van der Waals surface area contributed by atoms with Gasteiger partial charge in [0.05, 0.1) is 45.7 Å². The number of aromatic nitrogens is 4. The number of likely N-dealkylation sites (tertiary alicyclic amines) is 1. The lowest BCUT2D eigenvalue weighted by molar-refractivity contribution is -0.145. The van der Waals surface area contributed by atoms with E-state index in [1.54, 1.807) is 38.7 Å². The van der Waals surface area contributed by atoms with Gasteiger partial charge in [-0.15, -0.1) is 11.3 Å². The van der Waals surface area contributed by atoms with Crippen molar-refractivity contribution in [2.24, 2.45) is 22.5 Å². The van der Waals surface area contributed by atoms with Gasteiger partial charge in [0.2, 0.25) is 17.7 Å². The fraction of sp³-hybridized carbons (Fsp3) is 0.585. The topological polar surface area (TPSA) is 212 Å². The van der Waals surface area contributed by atoms with Crippen molar-refractivity contribution in [3.63, 3.8) is 0 Å². The molecule has 21 heteroatoms. The minimum absolute atomic E-state index is 0.0150. The van der Waals surface area contributed by atoms with Crippen LogP contribution in [0.15, 0.2) is 58.3 Å². The van der Waals surface area contributed by atoms with E-state index in [4.69, 9.17) is 32.0 Å². The first-order chi connectivity index (χ1) is 35.3. The number of carbonyl (C=O) groups is 4. The number of nitrogens with two attached hydrogens (primary N) is 1. The van der Waals surface area contributed by atoms with E-state index >= 15 is 0 Å². The predicted molar refractivity (Wildman–Crippen MR) is 284 cm³/mol. The summed E-state index contributed by atoms with van der Waals surface area (Å²) in [6.45, 7) is 14.3. The minimum Gasteiger partial charge on any atom is -0.490 e. The number of nitrogens with zero attached hydrogens (tertiary/aromatic N) is 8. The molecule has 3 aromatic heterocycles. The molecule has 4 amide bonds. The summed E-state index contributed by atoms with van der Waals surface area (Å²) in [4.78, 5) is 82.8. The second-order valence-corrected chi connectivity index (χ2v) is 24.4. The van der Waals surface area contributed by atoms with Crippen LogP contribution in [0.5, 0.6) is 5.75 Å². The van der Waals surface area contributed by atoms with E-state index in [1.807, 2.05) is 42.3 Å². The molecule has 3 atom stereocenters. The molecule has 0 radical (unpaired) electrons. The van der Waals surface area contributed by atoms with Gasteiger partial charge in [-0.2, -0.15) is 0 Å². The van der Waals surface area contributed by atoms with Crippen LogP contribution < -0.4 is 30.9 Å². The molecule has 2 saturated carbocycles. The number of alkyl halides is 1. The Morgan fingerprint density at radius 1 is 0.973 bits per heavy atom. The lowest BCUT2D eigenvalue weighted by atomic mass is 9.80. The third-order valence-electron chi connectivity index (χ3n) is 15.5. The van der Waals surface area contributed by atoms with Gasteiger partial charge in [0, 0.05) is 81.4 Å². The van der Waals surface area contributed by atoms with Crippen LogP contribution >= 0.6 is 34.7 Å². The first-order valence-electron chi connectivity index (χ1n) is 25.9. The number of piperazine rings is 1. The molecule has 74 heavy (non-hydrogen) atoms. The number of anilines is 2. The molecular weight excluding hydrogens is 1010 g/mol. The van der Waals surface area contributed by atoms with Crippen LogP contribution in [0.3, 0.4) is 0 Å². The molecule has 0 spiro atoms. The number of aliphatic hydroxyl groups is 1. The van der Waals surface area contributed by atoms with Crippen molar-refractivity contribution in [1.82, 2.24) is 40.4 Å². The number of β-amino-alcohol motifs (C(OH)–C–C–N with tert-alkyl or cyclic N) is 1. The molecule has 9 rings (SSSR count). The Bertz CT molecular complexity index is 2680. The molecule has 5 fully saturated rings. The third kappa shape index (κ3) is 12.1. The van der Waals surface area contributed by atoms with Crippen LogP contribution in [-0.2, 0) is 25.7 Å². The number of aryl methyl sites for hydroxylation is 1. The van der Waals surface area contributed by atoms with Gasteiger partial charge in [-0.1, -0.05) is 63.2 Å². The average Bonchev–Trinajstić information content (AvgIpc) is 3.80. The summed E-state index contributed by atoms with van der Waals surface area (Å²) in [5, 5.41) is 17.6. The van der Waals surface area contributed by atoms with Crippen LogP contribution in [0, 0.1) is 23.7 Å². The highest BCUT2D eigenvalue weighted by molar-refractivity contribution is 7.99. The maximum atomic E-state index is 14.7.